The van der Waals surface area contributed by atoms with Gasteiger partial charge in [0.15, 0.2) is 11.0 Å². The van der Waals surface area contributed by atoms with E-state index in [0.717, 1.165) is 45.5 Å². The number of hydrogen-bond acceptors (Lipinski definition) is 5. The first-order valence-corrected chi connectivity index (χ1v) is 11.2. The number of anilines is 1. The van der Waals surface area contributed by atoms with Crippen LogP contribution in [0.25, 0.3) is 22.1 Å². The van der Waals surface area contributed by atoms with Crippen molar-refractivity contribution in [3.8, 4) is 0 Å². The molecule has 2 heterocycles. The average Bonchev–Trinajstić information content (AvgIpc) is 3.39. The number of rotatable bonds is 6. The Labute approximate surface area is 181 Å². The molecule has 0 spiro atoms. The average molecular weight is 433 g/mol. The number of para-hydroxylation sites is 2. The predicted octanol–water partition coefficient (Wildman–Crippen LogP) is 4.24. The minimum Gasteiger partial charge on any atom is -0.323 e. The van der Waals surface area contributed by atoms with E-state index in [0.29, 0.717) is 5.69 Å². The molecule has 5 rings (SSSR count). The van der Waals surface area contributed by atoms with Crippen LogP contribution in [0.5, 0.6) is 0 Å². The third-order valence-electron chi connectivity index (χ3n) is 4.77. The highest BCUT2D eigenvalue weighted by molar-refractivity contribution is 7.99. The van der Waals surface area contributed by atoms with Gasteiger partial charge in [-0.25, -0.2) is 9.55 Å². The number of nitrogens with zero attached hydrogens (tertiary/aromatic N) is 3. The van der Waals surface area contributed by atoms with Crippen LogP contribution in [0.15, 0.2) is 78.0 Å². The van der Waals surface area contributed by atoms with Gasteiger partial charge in [0, 0.05) is 0 Å². The zero-order valence-electron chi connectivity index (χ0n) is 15.9. The van der Waals surface area contributed by atoms with Crippen LogP contribution in [0.1, 0.15) is 5.56 Å². The minimum atomic E-state index is -0.0783. The first-order chi connectivity index (χ1) is 14.8. The van der Waals surface area contributed by atoms with Crippen molar-refractivity contribution in [2.75, 3.05) is 11.1 Å². The maximum absolute atomic E-state index is 12.6. The van der Waals surface area contributed by atoms with Gasteiger partial charge in [0.2, 0.25) is 5.91 Å². The Bertz CT molecular complexity index is 1330. The van der Waals surface area contributed by atoms with Crippen LogP contribution in [0.2, 0.25) is 0 Å². The van der Waals surface area contributed by atoms with Crippen LogP contribution in [-0.4, -0.2) is 25.4 Å². The van der Waals surface area contributed by atoms with Gasteiger partial charge in [0.05, 0.1) is 23.2 Å². The summed E-state index contributed by atoms with van der Waals surface area (Å²) in [6.45, 7) is 0.735. The molecule has 0 radical (unpaired) electrons. The molecule has 0 aliphatic heterocycles. The SMILES string of the molecule is O=C(CSc1[nH]c2ccccc2[n+]1Cc1ccccc1)Nc1cccc2nsnc12. The second-order valence-corrected chi connectivity index (χ2v) is 8.29. The molecular formula is C22H18N5OS2+. The molecule has 6 nitrogen and oxygen atoms in total. The molecule has 0 aliphatic carbocycles. The van der Waals surface area contributed by atoms with E-state index in [1.54, 1.807) is 0 Å². The zero-order chi connectivity index (χ0) is 20.3. The number of benzene rings is 3. The number of nitrogens with one attached hydrogen (secondary N) is 2. The molecule has 0 atom stereocenters. The van der Waals surface area contributed by atoms with E-state index >= 15 is 0 Å². The number of thioether (sulfide) groups is 1. The third-order valence-corrected chi connectivity index (χ3v) is 6.31. The Morgan fingerprint density at radius 2 is 1.83 bits per heavy atom. The van der Waals surface area contributed by atoms with Crippen LogP contribution in [0.4, 0.5) is 5.69 Å². The molecule has 0 aliphatic rings. The summed E-state index contributed by atoms with van der Waals surface area (Å²) in [4.78, 5) is 16.1. The summed E-state index contributed by atoms with van der Waals surface area (Å²) in [7, 11) is 0. The van der Waals surface area contributed by atoms with E-state index in [1.807, 2.05) is 48.5 Å². The van der Waals surface area contributed by atoms with Gasteiger partial charge < -0.3 is 5.32 Å². The first kappa shape index (κ1) is 18.8. The number of carbonyl (C=O) groups excluding carboxylic acids is 1. The summed E-state index contributed by atoms with van der Waals surface area (Å²) < 4.78 is 10.7. The Kier molecular flexibility index (Phi) is 5.17. The van der Waals surface area contributed by atoms with Crippen molar-refractivity contribution in [2.24, 2.45) is 0 Å². The van der Waals surface area contributed by atoms with Gasteiger partial charge >= 0.3 is 5.16 Å². The maximum Gasteiger partial charge on any atom is 0.317 e. The molecule has 0 fully saturated rings. The highest BCUT2D eigenvalue weighted by Gasteiger charge is 2.20. The lowest BCUT2D eigenvalue weighted by atomic mass is 10.2. The Balaban J connectivity index is 1.36. The number of fused-ring (bicyclic) bond motifs is 2. The van der Waals surface area contributed by atoms with Gasteiger partial charge in [-0.15, -0.1) is 0 Å². The minimum absolute atomic E-state index is 0.0783. The third kappa shape index (κ3) is 3.79. The first-order valence-electron chi connectivity index (χ1n) is 9.46. The second-order valence-electron chi connectivity index (χ2n) is 6.79. The van der Waals surface area contributed by atoms with E-state index in [4.69, 9.17) is 0 Å². The molecule has 2 aromatic heterocycles. The van der Waals surface area contributed by atoms with E-state index < -0.39 is 0 Å². The van der Waals surface area contributed by atoms with Gasteiger partial charge in [-0.05, 0) is 41.6 Å². The topological polar surface area (TPSA) is 74.6 Å². The van der Waals surface area contributed by atoms with Gasteiger partial charge in [-0.2, -0.15) is 8.75 Å². The lowest BCUT2D eigenvalue weighted by molar-refractivity contribution is -0.700. The van der Waals surface area contributed by atoms with E-state index in [2.05, 4.69) is 47.9 Å². The van der Waals surface area contributed by atoms with Crippen molar-refractivity contribution in [1.29, 1.82) is 0 Å². The Morgan fingerprint density at radius 3 is 2.73 bits per heavy atom. The molecule has 0 bridgehead atoms. The number of H-pyrrole nitrogens is 1. The molecule has 3 aromatic carbocycles. The molecule has 8 heteroatoms. The summed E-state index contributed by atoms with van der Waals surface area (Å²) >= 11 is 2.63. The van der Waals surface area contributed by atoms with Crippen molar-refractivity contribution in [2.45, 2.75) is 11.7 Å². The monoisotopic (exact) mass is 432 g/mol. The van der Waals surface area contributed by atoms with Crippen LogP contribution >= 0.6 is 23.5 Å². The molecule has 5 aromatic rings. The predicted molar refractivity (Wildman–Crippen MR) is 121 cm³/mol. The fourth-order valence-electron chi connectivity index (χ4n) is 3.37. The molecular weight excluding hydrogens is 414 g/mol. The van der Waals surface area contributed by atoms with E-state index in [-0.39, 0.29) is 11.7 Å². The number of aromatic amines is 1. The van der Waals surface area contributed by atoms with Crippen LogP contribution in [-0.2, 0) is 11.3 Å². The Morgan fingerprint density at radius 1 is 1.00 bits per heavy atom. The van der Waals surface area contributed by atoms with Crippen LogP contribution in [0.3, 0.4) is 0 Å². The second kappa shape index (κ2) is 8.25. The fraction of sp³-hybridized carbons (Fsp3) is 0.0909. The van der Waals surface area contributed by atoms with E-state index in [1.165, 1.54) is 17.3 Å². The summed E-state index contributed by atoms with van der Waals surface area (Å²) in [5.74, 6) is 0.209. The smallest absolute Gasteiger partial charge is 0.317 e. The normalized spacial score (nSPS) is 11.2. The molecule has 148 valence electrons. The molecule has 30 heavy (non-hydrogen) atoms. The van der Waals surface area contributed by atoms with Crippen molar-refractivity contribution >= 4 is 57.2 Å². The molecule has 0 unspecified atom stereocenters. The largest absolute Gasteiger partial charge is 0.323 e. The summed E-state index contributed by atoms with van der Waals surface area (Å²) in [5.41, 5.74) is 5.59. The van der Waals surface area contributed by atoms with Gasteiger partial charge in [-0.1, -0.05) is 48.5 Å². The van der Waals surface area contributed by atoms with Crippen LogP contribution < -0.4 is 9.88 Å². The number of amides is 1. The highest BCUT2D eigenvalue weighted by Crippen LogP contribution is 2.23. The highest BCUT2D eigenvalue weighted by atomic mass is 32.2. The zero-order valence-corrected chi connectivity index (χ0v) is 17.5. The van der Waals surface area contributed by atoms with Crippen molar-refractivity contribution < 1.29 is 9.36 Å². The van der Waals surface area contributed by atoms with Gasteiger partial charge in [0.25, 0.3) is 0 Å². The summed E-state index contributed by atoms with van der Waals surface area (Å²) in [6, 6.07) is 24.1. The quantitative estimate of drug-likeness (QED) is 0.311. The molecule has 1 amide bonds. The molecule has 0 saturated carbocycles. The lowest BCUT2D eigenvalue weighted by Crippen LogP contribution is -2.35. The maximum atomic E-state index is 12.6. The number of aromatic nitrogens is 4. The number of hydrogen-bond donors (Lipinski definition) is 2. The van der Waals surface area contributed by atoms with Crippen LogP contribution in [0, 0.1) is 0 Å². The number of imidazole rings is 1. The standard InChI is InChI=1S/C22H17N5OS2/c28-20(23-17-10-6-11-18-21(17)26-30-25-18)14-29-22-24-16-9-4-5-12-19(16)27(22)13-15-7-2-1-3-8-15/h1-12H,13-14H2,(H,23,25,28)/p+1. The lowest BCUT2D eigenvalue weighted by Gasteiger charge is -2.05. The summed E-state index contributed by atoms with van der Waals surface area (Å²) in [5, 5.41) is 3.91. The van der Waals surface area contributed by atoms with Crippen molar-refractivity contribution in [3.05, 3.63) is 78.4 Å². The van der Waals surface area contributed by atoms with Gasteiger partial charge in [0.1, 0.15) is 17.6 Å². The molecule has 2 N–H and O–H groups in total. The molecule has 0 saturated heterocycles. The van der Waals surface area contributed by atoms with E-state index in [9.17, 15) is 4.79 Å². The fourth-order valence-corrected chi connectivity index (χ4v) is 4.76. The van der Waals surface area contributed by atoms with Crippen molar-refractivity contribution in [1.82, 2.24) is 13.7 Å². The number of carbonyl (C=O) groups is 1. The Hall–Kier alpha value is -3.23. The summed E-state index contributed by atoms with van der Waals surface area (Å²) in [6.07, 6.45) is 0. The van der Waals surface area contributed by atoms with Crippen molar-refractivity contribution in [3.63, 3.8) is 0 Å². The van der Waals surface area contributed by atoms with Gasteiger partial charge in [-0.3, -0.25) is 4.79 Å².